The third kappa shape index (κ3) is 3.29. The average molecular weight is 391 g/mol. The van der Waals surface area contributed by atoms with Crippen LogP contribution in [0.4, 0.5) is 11.1 Å². The first-order chi connectivity index (χ1) is 13.4. The lowest BCUT2D eigenvalue weighted by molar-refractivity contribution is 0.0691. The molecule has 0 amide bonds. The van der Waals surface area contributed by atoms with Crippen LogP contribution in [0.25, 0.3) is 22.2 Å². The lowest BCUT2D eigenvalue weighted by Crippen LogP contribution is -2.02. The zero-order valence-electron chi connectivity index (χ0n) is 15.5. The predicted molar refractivity (Wildman–Crippen MR) is 109 cm³/mol. The predicted octanol–water partition coefficient (Wildman–Crippen LogP) is 4.52. The zero-order chi connectivity index (χ0) is 19.8. The first-order valence-corrected chi connectivity index (χ1v) is 9.48. The number of fused-ring (bicyclic) bond motifs is 1. The van der Waals surface area contributed by atoms with Crippen molar-refractivity contribution in [1.82, 2.24) is 20.2 Å². The number of benzene rings is 2. The van der Waals surface area contributed by atoms with Gasteiger partial charge in [-0.3, -0.25) is 5.32 Å². The Hall–Kier alpha value is -3.39. The number of thiazole rings is 1. The van der Waals surface area contributed by atoms with E-state index in [-0.39, 0.29) is 11.6 Å². The van der Waals surface area contributed by atoms with Crippen LogP contribution in [0.3, 0.4) is 0 Å². The van der Waals surface area contributed by atoms with Crippen LogP contribution in [0, 0.1) is 20.8 Å². The van der Waals surface area contributed by atoms with Crippen LogP contribution in [-0.2, 0) is 0 Å². The van der Waals surface area contributed by atoms with Gasteiger partial charge < -0.3 is 5.11 Å². The highest BCUT2D eigenvalue weighted by Crippen LogP contribution is 2.31. The minimum atomic E-state index is -1.07. The smallest absolute Gasteiger partial charge is 0.355 e. The van der Waals surface area contributed by atoms with E-state index in [1.165, 1.54) is 33.4 Å². The molecule has 8 heteroatoms. The topological polar surface area (TPSA) is 101 Å². The summed E-state index contributed by atoms with van der Waals surface area (Å²) >= 11 is 1.17. The summed E-state index contributed by atoms with van der Waals surface area (Å²) in [6, 6.07) is 10.3. The number of rotatable bonds is 4. The van der Waals surface area contributed by atoms with E-state index in [1.807, 2.05) is 13.0 Å². The molecule has 0 bridgehead atoms. The number of hydrogen-bond donors (Lipinski definition) is 2. The van der Waals surface area contributed by atoms with Gasteiger partial charge in [-0.05, 0) is 60.7 Å². The maximum Gasteiger partial charge on any atom is 0.355 e. The van der Waals surface area contributed by atoms with Crippen LogP contribution in [0.2, 0.25) is 0 Å². The Morgan fingerprint density at radius 2 is 1.79 bits per heavy atom. The molecule has 2 N–H and O–H groups in total. The molecule has 0 aliphatic heterocycles. The zero-order valence-corrected chi connectivity index (χ0v) is 16.3. The Kier molecular flexibility index (Phi) is 4.48. The molecule has 140 valence electrons. The van der Waals surface area contributed by atoms with Gasteiger partial charge in [0.05, 0.1) is 5.52 Å². The number of nitrogens with zero attached hydrogens (tertiary/aromatic N) is 4. The Morgan fingerprint density at radius 3 is 2.46 bits per heavy atom. The number of aromatic nitrogens is 4. The van der Waals surface area contributed by atoms with E-state index >= 15 is 0 Å². The Bertz CT molecular complexity index is 1200. The second-order valence-corrected chi connectivity index (χ2v) is 7.39. The van der Waals surface area contributed by atoms with Gasteiger partial charge in [0.1, 0.15) is 5.52 Å². The maximum atomic E-state index is 11.0. The first-order valence-electron chi connectivity index (χ1n) is 8.60. The molecular formula is C20H17N5O2S. The highest BCUT2D eigenvalue weighted by Gasteiger charge is 2.13. The monoisotopic (exact) mass is 391 g/mol. The van der Waals surface area contributed by atoms with E-state index in [1.54, 1.807) is 0 Å². The molecule has 0 fully saturated rings. The quantitative estimate of drug-likeness (QED) is 0.527. The Balaban J connectivity index is 1.73. The van der Waals surface area contributed by atoms with Crippen molar-refractivity contribution in [3.8, 4) is 11.1 Å². The molecule has 2 aromatic heterocycles. The van der Waals surface area contributed by atoms with Gasteiger partial charge in [-0.15, -0.1) is 21.5 Å². The molecule has 0 atom stereocenters. The van der Waals surface area contributed by atoms with Gasteiger partial charge in [-0.2, -0.15) is 0 Å². The van der Waals surface area contributed by atoms with Gasteiger partial charge in [0.2, 0.25) is 5.95 Å². The van der Waals surface area contributed by atoms with Gasteiger partial charge in [0.15, 0.2) is 10.8 Å². The first kappa shape index (κ1) is 18.0. The summed E-state index contributed by atoms with van der Waals surface area (Å²) in [7, 11) is 0. The third-order valence-corrected chi connectivity index (χ3v) is 5.22. The van der Waals surface area contributed by atoms with Crippen molar-refractivity contribution < 1.29 is 9.90 Å². The average Bonchev–Trinajstić information content (AvgIpc) is 3.11. The molecule has 0 unspecified atom stereocenters. The Labute approximate surface area is 165 Å². The van der Waals surface area contributed by atoms with Crippen molar-refractivity contribution in [3.05, 3.63) is 58.1 Å². The van der Waals surface area contributed by atoms with E-state index < -0.39 is 5.97 Å². The van der Waals surface area contributed by atoms with Gasteiger partial charge in [-0.1, -0.05) is 18.2 Å². The number of carboxylic acids is 1. The molecule has 2 aromatic carbocycles. The number of anilines is 2. The van der Waals surface area contributed by atoms with Crippen LogP contribution in [-0.4, -0.2) is 31.2 Å². The number of carbonyl (C=O) groups is 1. The van der Waals surface area contributed by atoms with E-state index in [2.05, 4.69) is 63.6 Å². The normalized spacial score (nSPS) is 11.0. The van der Waals surface area contributed by atoms with Gasteiger partial charge >= 0.3 is 5.97 Å². The Morgan fingerprint density at radius 1 is 1.04 bits per heavy atom. The number of aromatic carboxylic acids is 1. The van der Waals surface area contributed by atoms with E-state index in [0.29, 0.717) is 10.6 Å². The molecular weight excluding hydrogens is 374 g/mol. The summed E-state index contributed by atoms with van der Waals surface area (Å²) in [5.74, 6) is -0.793. The summed E-state index contributed by atoms with van der Waals surface area (Å²) in [6.07, 6.45) is 0. The summed E-state index contributed by atoms with van der Waals surface area (Å²) < 4.78 is 0. The summed E-state index contributed by atoms with van der Waals surface area (Å²) in [5.41, 5.74) is 7.10. The summed E-state index contributed by atoms with van der Waals surface area (Å²) in [5, 5.41) is 22.2. The summed E-state index contributed by atoms with van der Waals surface area (Å²) in [6.45, 7) is 6.18. The lowest BCUT2D eigenvalue weighted by atomic mass is 9.94. The molecule has 2 heterocycles. The minimum absolute atomic E-state index is 0.0179. The van der Waals surface area contributed by atoms with Gasteiger partial charge in [-0.25, -0.2) is 14.8 Å². The van der Waals surface area contributed by atoms with Crippen molar-refractivity contribution in [1.29, 1.82) is 0 Å². The number of aryl methyl sites for hydroxylation is 3. The number of carboxylic acid groups (broad SMARTS) is 1. The molecule has 0 saturated heterocycles. The fraction of sp³-hybridized carbons (Fsp3) is 0.150. The van der Waals surface area contributed by atoms with E-state index in [4.69, 9.17) is 5.11 Å². The second-order valence-electron chi connectivity index (χ2n) is 6.53. The fourth-order valence-electron chi connectivity index (χ4n) is 3.20. The summed E-state index contributed by atoms with van der Waals surface area (Å²) in [4.78, 5) is 19.5. The highest BCUT2D eigenvalue weighted by molar-refractivity contribution is 7.14. The van der Waals surface area contributed by atoms with Crippen molar-refractivity contribution in [2.45, 2.75) is 20.8 Å². The van der Waals surface area contributed by atoms with Crippen molar-refractivity contribution >= 4 is 39.4 Å². The SMILES string of the molecule is Cc1cccc(C)c1-c1cc(C)c2nc(Nc3nc(C(=O)O)cs3)nnc2c1. The van der Waals surface area contributed by atoms with Crippen LogP contribution < -0.4 is 5.32 Å². The number of nitrogens with one attached hydrogen (secondary N) is 1. The third-order valence-electron chi connectivity index (χ3n) is 4.46. The lowest BCUT2D eigenvalue weighted by Gasteiger charge is -2.12. The molecule has 7 nitrogen and oxygen atoms in total. The number of hydrogen-bond acceptors (Lipinski definition) is 7. The van der Waals surface area contributed by atoms with Crippen LogP contribution in [0.15, 0.2) is 35.7 Å². The van der Waals surface area contributed by atoms with Gasteiger partial charge in [0.25, 0.3) is 0 Å². The second kappa shape index (κ2) is 6.97. The standard InChI is InChI=1S/C20H17N5O2S/c1-10-5-4-6-11(2)16(10)13-7-12(3)17-14(8-13)24-25-19(22-17)23-20-21-15(9-28-20)18(26)27/h4-9H,1-3H3,(H,26,27)(H,21,22,23,25). The molecule has 0 spiro atoms. The van der Waals surface area contributed by atoms with Gasteiger partial charge in [0, 0.05) is 5.38 Å². The molecule has 0 radical (unpaired) electrons. The molecule has 0 saturated carbocycles. The molecule has 4 rings (SSSR count). The van der Waals surface area contributed by atoms with E-state index in [0.717, 1.165) is 16.6 Å². The molecule has 28 heavy (non-hydrogen) atoms. The fourth-order valence-corrected chi connectivity index (χ4v) is 3.88. The highest BCUT2D eigenvalue weighted by atomic mass is 32.1. The van der Waals surface area contributed by atoms with Crippen LogP contribution >= 0.6 is 11.3 Å². The minimum Gasteiger partial charge on any atom is -0.476 e. The molecule has 0 aliphatic carbocycles. The molecule has 0 aliphatic rings. The van der Waals surface area contributed by atoms with Crippen molar-refractivity contribution in [3.63, 3.8) is 0 Å². The van der Waals surface area contributed by atoms with Crippen molar-refractivity contribution in [2.75, 3.05) is 5.32 Å². The van der Waals surface area contributed by atoms with E-state index in [9.17, 15) is 4.79 Å². The van der Waals surface area contributed by atoms with Crippen molar-refractivity contribution in [2.24, 2.45) is 0 Å². The molecule has 4 aromatic rings. The van der Waals surface area contributed by atoms with Crippen LogP contribution in [0.1, 0.15) is 27.2 Å². The largest absolute Gasteiger partial charge is 0.476 e. The van der Waals surface area contributed by atoms with Crippen LogP contribution in [0.5, 0.6) is 0 Å². The maximum absolute atomic E-state index is 11.0.